The van der Waals surface area contributed by atoms with Gasteiger partial charge in [0, 0.05) is 12.2 Å². The van der Waals surface area contributed by atoms with E-state index in [1.165, 1.54) is 5.56 Å². The van der Waals surface area contributed by atoms with Crippen molar-refractivity contribution in [3.05, 3.63) is 47.5 Å². The molecule has 1 aromatic carbocycles. The van der Waals surface area contributed by atoms with Crippen LogP contribution in [0.1, 0.15) is 65.4 Å². The molecule has 0 amide bonds. The van der Waals surface area contributed by atoms with Crippen LogP contribution in [0, 0.1) is 5.41 Å². The average Bonchev–Trinajstić information content (AvgIpc) is 2.67. The van der Waals surface area contributed by atoms with Crippen molar-refractivity contribution in [2.75, 3.05) is 6.61 Å². The highest BCUT2D eigenvalue weighted by molar-refractivity contribution is 6.74. The van der Waals surface area contributed by atoms with E-state index in [2.05, 4.69) is 52.9 Å². The minimum absolute atomic E-state index is 0.0338. The molecule has 0 aliphatic heterocycles. The van der Waals surface area contributed by atoms with Gasteiger partial charge in [0.15, 0.2) is 8.32 Å². The number of hydrogen-bond acceptors (Lipinski definition) is 3. The van der Waals surface area contributed by atoms with Crippen LogP contribution >= 0.6 is 0 Å². The molecule has 0 aromatic heterocycles. The molecule has 1 aliphatic carbocycles. The monoisotopic (exact) mass is 432 g/mol. The first kappa shape index (κ1) is 24.8. The van der Waals surface area contributed by atoms with E-state index in [0.29, 0.717) is 25.2 Å². The van der Waals surface area contributed by atoms with Gasteiger partial charge in [-0.15, -0.1) is 0 Å². The van der Waals surface area contributed by atoms with Gasteiger partial charge in [0.05, 0.1) is 12.7 Å². The van der Waals surface area contributed by atoms with Crippen LogP contribution in [0.25, 0.3) is 0 Å². The maximum Gasteiger partial charge on any atom is 0.331 e. The second-order valence-electron chi connectivity index (χ2n) is 10.4. The van der Waals surface area contributed by atoms with Gasteiger partial charge in [0.25, 0.3) is 0 Å². The highest BCUT2D eigenvalue weighted by atomic mass is 28.4. The van der Waals surface area contributed by atoms with Crippen molar-refractivity contribution >= 4 is 14.3 Å². The van der Waals surface area contributed by atoms with Crippen molar-refractivity contribution in [1.82, 2.24) is 0 Å². The largest absolute Gasteiger partial charge is 0.478 e. The molecule has 0 unspecified atom stereocenters. The predicted octanol–water partition coefficient (Wildman–Crippen LogP) is 6.58. The molecule has 2 rings (SSSR count). The van der Waals surface area contributed by atoms with Crippen LogP contribution in [0.2, 0.25) is 18.1 Å². The smallest absolute Gasteiger partial charge is 0.331 e. The molecule has 1 aromatic rings. The van der Waals surface area contributed by atoms with Crippen molar-refractivity contribution in [2.45, 2.75) is 90.6 Å². The Hall–Kier alpha value is -1.43. The van der Waals surface area contributed by atoms with Gasteiger partial charge < -0.3 is 14.3 Å². The molecule has 0 radical (unpaired) electrons. The van der Waals surface area contributed by atoms with Crippen molar-refractivity contribution < 1.29 is 19.1 Å². The van der Waals surface area contributed by atoms with Crippen molar-refractivity contribution in [3.8, 4) is 0 Å². The number of benzene rings is 1. The summed E-state index contributed by atoms with van der Waals surface area (Å²) in [6.07, 6.45) is 6.15. The summed E-state index contributed by atoms with van der Waals surface area (Å²) < 4.78 is 12.8. The third-order valence-corrected chi connectivity index (χ3v) is 11.4. The standard InChI is InChI=1S/C25H40O4Si/c1-24(2,3)30(5,6)29-22(25(4)16-14-21(15-17-25)23(26)27)13-10-18-28-19-20-11-8-7-9-12-20/h7-9,11-12,14,22H,10,13,15-19H2,1-6H3,(H,26,27)/t22-,25+/m0/s1. The maximum atomic E-state index is 11.3. The molecule has 4 nitrogen and oxygen atoms in total. The Labute approximate surface area is 183 Å². The number of ether oxygens (including phenoxy) is 1. The summed E-state index contributed by atoms with van der Waals surface area (Å²) >= 11 is 0. The van der Waals surface area contributed by atoms with E-state index < -0.39 is 14.3 Å². The first-order chi connectivity index (χ1) is 13.9. The number of carbonyl (C=O) groups is 1. The molecular formula is C25H40O4Si. The van der Waals surface area contributed by atoms with Gasteiger partial charge in [-0.3, -0.25) is 0 Å². The van der Waals surface area contributed by atoms with Crippen LogP contribution in [-0.4, -0.2) is 32.1 Å². The van der Waals surface area contributed by atoms with E-state index in [0.717, 1.165) is 25.7 Å². The van der Waals surface area contributed by atoms with Gasteiger partial charge in [-0.05, 0) is 61.2 Å². The second kappa shape index (κ2) is 10.3. The van der Waals surface area contributed by atoms with Crippen molar-refractivity contribution in [3.63, 3.8) is 0 Å². The Bertz CT molecular complexity index is 720. The lowest BCUT2D eigenvalue weighted by atomic mass is 9.71. The number of carboxylic acids is 1. The zero-order valence-electron chi connectivity index (χ0n) is 19.7. The Morgan fingerprint density at radius 3 is 2.43 bits per heavy atom. The predicted molar refractivity (Wildman–Crippen MR) is 125 cm³/mol. The third-order valence-electron chi connectivity index (χ3n) is 6.94. The Morgan fingerprint density at radius 1 is 1.23 bits per heavy atom. The first-order valence-corrected chi connectivity index (χ1v) is 14.1. The second-order valence-corrected chi connectivity index (χ2v) is 15.2. The molecule has 30 heavy (non-hydrogen) atoms. The molecule has 0 heterocycles. The lowest BCUT2D eigenvalue weighted by Gasteiger charge is -2.46. The summed E-state index contributed by atoms with van der Waals surface area (Å²) in [4.78, 5) is 11.3. The Balaban J connectivity index is 2.01. The average molecular weight is 433 g/mol. The normalized spacial score (nSPS) is 21.2. The third kappa shape index (κ3) is 6.79. The zero-order valence-corrected chi connectivity index (χ0v) is 20.7. The van der Waals surface area contributed by atoms with Crippen LogP contribution < -0.4 is 0 Å². The van der Waals surface area contributed by atoms with Gasteiger partial charge in [-0.25, -0.2) is 4.79 Å². The van der Waals surface area contributed by atoms with E-state index in [-0.39, 0.29) is 16.6 Å². The number of hydrogen-bond donors (Lipinski definition) is 1. The summed E-state index contributed by atoms with van der Waals surface area (Å²) in [5, 5.41) is 9.47. The molecule has 0 saturated carbocycles. The molecule has 1 N–H and O–H groups in total. The summed E-state index contributed by atoms with van der Waals surface area (Å²) in [6, 6.07) is 10.2. The Morgan fingerprint density at radius 2 is 1.90 bits per heavy atom. The van der Waals surface area contributed by atoms with Gasteiger partial charge in [-0.1, -0.05) is 64.1 Å². The molecule has 168 valence electrons. The quantitative estimate of drug-likeness (QED) is 0.335. The lowest BCUT2D eigenvalue weighted by molar-refractivity contribution is -0.133. The van der Waals surface area contributed by atoms with Crippen LogP contribution in [-0.2, 0) is 20.6 Å². The summed E-state index contributed by atoms with van der Waals surface area (Å²) in [5.41, 5.74) is 1.70. The topological polar surface area (TPSA) is 55.8 Å². The van der Waals surface area contributed by atoms with E-state index in [9.17, 15) is 9.90 Å². The van der Waals surface area contributed by atoms with Crippen molar-refractivity contribution in [2.24, 2.45) is 5.41 Å². The van der Waals surface area contributed by atoms with Gasteiger partial charge in [0.1, 0.15) is 0 Å². The van der Waals surface area contributed by atoms with E-state index >= 15 is 0 Å². The fourth-order valence-electron chi connectivity index (χ4n) is 3.68. The first-order valence-electron chi connectivity index (χ1n) is 11.2. The summed E-state index contributed by atoms with van der Waals surface area (Å²) in [7, 11) is -1.94. The maximum absolute atomic E-state index is 11.3. The van der Waals surface area contributed by atoms with Gasteiger partial charge in [-0.2, -0.15) is 0 Å². The van der Waals surface area contributed by atoms with Crippen LogP contribution in [0.5, 0.6) is 0 Å². The van der Waals surface area contributed by atoms with E-state index in [1.54, 1.807) is 0 Å². The molecule has 0 bridgehead atoms. The molecule has 5 heteroatoms. The van der Waals surface area contributed by atoms with Gasteiger partial charge in [0.2, 0.25) is 0 Å². The highest BCUT2D eigenvalue weighted by Gasteiger charge is 2.44. The number of rotatable bonds is 10. The van der Waals surface area contributed by atoms with Gasteiger partial charge >= 0.3 is 5.97 Å². The highest BCUT2D eigenvalue weighted by Crippen LogP contribution is 2.45. The summed E-state index contributed by atoms with van der Waals surface area (Å²) in [5.74, 6) is -0.784. The SMILES string of the molecule is CC(C)(C)[Si](C)(C)O[C@@H](CCCOCc1ccccc1)[C@]1(C)CC=C(C(=O)O)CC1. The fourth-order valence-corrected chi connectivity index (χ4v) is 5.15. The fraction of sp³-hybridized carbons (Fsp3) is 0.640. The van der Waals surface area contributed by atoms with Crippen LogP contribution in [0.4, 0.5) is 0 Å². The number of carboxylic acid groups (broad SMARTS) is 1. The molecule has 1 aliphatic rings. The Kier molecular flexibility index (Phi) is 8.49. The lowest BCUT2D eigenvalue weighted by Crippen LogP contribution is -2.49. The van der Waals surface area contributed by atoms with E-state index in [1.807, 2.05) is 24.3 Å². The van der Waals surface area contributed by atoms with E-state index in [4.69, 9.17) is 9.16 Å². The minimum Gasteiger partial charge on any atom is -0.478 e. The molecule has 0 saturated heterocycles. The molecule has 2 atom stereocenters. The molecular weight excluding hydrogens is 392 g/mol. The molecule has 0 fully saturated rings. The van der Waals surface area contributed by atoms with Crippen molar-refractivity contribution in [1.29, 1.82) is 0 Å². The van der Waals surface area contributed by atoms with Crippen LogP contribution in [0.15, 0.2) is 42.0 Å². The number of allylic oxidation sites excluding steroid dienone is 1. The number of aliphatic carboxylic acids is 1. The minimum atomic E-state index is -1.94. The summed E-state index contributed by atoms with van der Waals surface area (Å²) in [6.45, 7) is 15.0. The zero-order chi connectivity index (χ0) is 22.4. The molecule has 0 spiro atoms. The van der Waals surface area contributed by atoms with Crippen LogP contribution in [0.3, 0.4) is 0 Å².